The third kappa shape index (κ3) is 3.61. The summed E-state index contributed by atoms with van der Waals surface area (Å²) in [7, 11) is 1.52. The summed E-state index contributed by atoms with van der Waals surface area (Å²) in [5.41, 5.74) is 1.36. The first-order valence-corrected chi connectivity index (χ1v) is 10.0. The quantitative estimate of drug-likeness (QED) is 0.189. The SMILES string of the molecule is COc1cccc2cc(C(=O)Oc3ccc4cc(-c5ccc(Cl)cc5)c(=O)oc4c3)oc12. The molecule has 0 N–H and O–H groups in total. The molecule has 0 aliphatic rings. The molecule has 2 aromatic heterocycles. The monoisotopic (exact) mass is 446 g/mol. The lowest BCUT2D eigenvalue weighted by atomic mass is 10.1. The van der Waals surface area contributed by atoms with E-state index in [-0.39, 0.29) is 11.5 Å². The van der Waals surface area contributed by atoms with Crippen molar-refractivity contribution < 1.29 is 23.1 Å². The zero-order chi connectivity index (χ0) is 22.2. The first-order valence-electron chi connectivity index (χ1n) is 9.64. The Balaban J connectivity index is 1.45. The smallest absolute Gasteiger partial charge is 0.379 e. The van der Waals surface area contributed by atoms with Crippen LogP contribution in [0.15, 0.2) is 86.4 Å². The average molecular weight is 447 g/mol. The molecule has 0 aliphatic heterocycles. The van der Waals surface area contributed by atoms with Crippen molar-refractivity contribution in [3.8, 4) is 22.6 Å². The first kappa shape index (κ1) is 19.9. The molecule has 3 aromatic carbocycles. The van der Waals surface area contributed by atoms with Crippen molar-refractivity contribution in [2.75, 3.05) is 7.11 Å². The fraction of sp³-hybridized carbons (Fsp3) is 0.0400. The van der Waals surface area contributed by atoms with E-state index in [2.05, 4.69) is 0 Å². The van der Waals surface area contributed by atoms with Gasteiger partial charge in [0.1, 0.15) is 11.3 Å². The second-order valence-corrected chi connectivity index (χ2v) is 7.47. The highest BCUT2D eigenvalue weighted by Gasteiger charge is 2.17. The number of hydrogen-bond acceptors (Lipinski definition) is 6. The van der Waals surface area contributed by atoms with Gasteiger partial charge in [-0.05, 0) is 48.0 Å². The van der Waals surface area contributed by atoms with Crippen LogP contribution in [0.1, 0.15) is 10.6 Å². The molecule has 5 aromatic rings. The highest BCUT2D eigenvalue weighted by Crippen LogP contribution is 2.30. The highest BCUT2D eigenvalue weighted by molar-refractivity contribution is 6.30. The maximum absolute atomic E-state index is 12.6. The molecule has 6 nitrogen and oxygen atoms in total. The van der Waals surface area contributed by atoms with E-state index in [0.717, 1.165) is 5.39 Å². The van der Waals surface area contributed by atoms with Crippen LogP contribution in [0.25, 0.3) is 33.1 Å². The molecule has 5 rings (SSSR count). The van der Waals surface area contributed by atoms with Gasteiger partial charge < -0.3 is 18.3 Å². The van der Waals surface area contributed by atoms with Crippen LogP contribution in [0.3, 0.4) is 0 Å². The maximum atomic E-state index is 12.6. The molecule has 0 bridgehead atoms. The van der Waals surface area contributed by atoms with Crippen LogP contribution in [0.2, 0.25) is 5.02 Å². The van der Waals surface area contributed by atoms with E-state index in [1.807, 2.05) is 0 Å². The fourth-order valence-electron chi connectivity index (χ4n) is 3.44. The van der Waals surface area contributed by atoms with Gasteiger partial charge in [-0.15, -0.1) is 0 Å². The molecule has 0 spiro atoms. The molecule has 0 amide bonds. The zero-order valence-electron chi connectivity index (χ0n) is 16.8. The number of ether oxygens (including phenoxy) is 2. The van der Waals surface area contributed by atoms with Crippen molar-refractivity contribution in [3.63, 3.8) is 0 Å². The van der Waals surface area contributed by atoms with E-state index in [9.17, 15) is 9.59 Å². The van der Waals surface area contributed by atoms with Crippen LogP contribution < -0.4 is 15.1 Å². The maximum Gasteiger partial charge on any atom is 0.379 e. The predicted octanol–water partition coefficient (Wildman–Crippen LogP) is 6.09. The lowest BCUT2D eigenvalue weighted by molar-refractivity contribution is 0.0704. The van der Waals surface area contributed by atoms with Crippen LogP contribution in [0.5, 0.6) is 11.5 Å². The molecule has 0 radical (unpaired) electrons. The molecule has 0 saturated carbocycles. The van der Waals surface area contributed by atoms with Gasteiger partial charge in [0, 0.05) is 21.9 Å². The number of para-hydroxylation sites is 1. The van der Waals surface area contributed by atoms with Crippen molar-refractivity contribution in [2.45, 2.75) is 0 Å². The summed E-state index contributed by atoms with van der Waals surface area (Å²) in [6, 6.07) is 20.4. The van der Waals surface area contributed by atoms with Crippen molar-refractivity contribution in [1.82, 2.24) is 0 Å². The van der Waals surface area contributed by atoms with E-state index >= 15 is 0 Å². The van der Waals surface area contributed by atoms with Crippen molar-refractivity contribution in [2.24, 2.45) is 0 Å². The van der Waals surface area contributed by atoms with Gasteiger partial charge in [-0.3, -0.25) is 0 Å². The Bertz CT molecular complexity index is 1530. The van der Waals surface area contributed by atoms with Crippen LogP contribution in [0.4, 0.5) is 0 Å². The Morgan fingerprint density at radius 1 is 0.906 bits per heavy atom. The molecular formula is C25H15ClO6. The Hall–Kier alpha value is -4.03. The minimum Gasteiger partial charge on any atom is -0.493 e. The molecule has 158 valence electrons. The Morgan fingerprint density at radius 3 is 2.50 bits per heavy atom. The van der Waals surface area contributed by atoms with Gasteiger partial charge >= 0.3 is 11.6 Å². The van der Waals surface area contributed by atoms with Gasteiger partial charge in [0.15, 0.2) is 11.3 Å². The molecule has 32 heavy (non-hydrogen) atoms. The van der Waals surface area contributed by atoms with Gasteiger partial charge in [0.05, 0.1) is 12.7 Å². The summed E-state index contributed by atoms with van der Waals surface area (Å²) < 4.78 is 21.8. The summed E-state index contributed by atoms with van der Waals surface area (Å²) in [5.74, 6) is 0.0923. The lowest BCUT2D eigenvalue weighted by Gasteiger charge is -2.06. The molecule has 7 heteroatoms. The van der Waals surface area contributed by atoms with E-state index in [4.69, 9.17) is 29.9 Å². The van der Waals surface area contributed by atoms with Gasteiger partial charge in [0.2, 0.25) is 5.76 Å². The number of halogens is 1. The number of fused-ring (bicyclic) bond motifs is 2. The summed E-state index contributed by atoms with van der Waals surface area (Å²) in [6.45, 7) is 0. The Kier molecular flexibility index (Phi) is 4.92. The average Bonchev–Trinajstić information content (AvgIpc) is 3.24. The van der Waals surface area contributed by atoms with Crippen LogP contribution in [0, 0.1) is 0 Å². The molecule has 0 fully saturated rings. The number of esters is 1. The fourth-order valence-corrected chi connectivity index (χ4v) is 3.57. The van der Waals surface area contributed by atoms with E-state index in [0.29, 0.717) is 38.5 Å². The Morgan fingerprint density at radius 2 is 1.72 bits per heavy atom. The molecule has 0 atom stereocenters. The number of methoxy groups -OCH3 is 1. The normalized spacial score (nSPS) is 11.1. The number of benzene rings is 3. The van der Waals surface area contributed by atoms with Crippen molar-refractivity contribution in [1.29, 1.82) is 0 Å². The van der Waals surface area contributed by atoms with Crippen molar-refractivity contribution >= 4 is 39.5 Å². The molecule has 0 aliphatic carbocycles. The van der Waals surface area contributed by atoms with E-state index in [1.165, 1.54) is 13.2 Å². The zero-order valence-corrected chi connectivity index (χ0v) is 17.5. The highest BCUT2D eigenvalue weighted by atomic mass is 35.5. The first-order chi connectivity index (χ1) is 15.5. The van der Waals surface area contributed by atoms with Gasteiger partial charge in [-0.2, -0.15) is 0 Å². The number of furan rings is 1. The van der Waals surface area contributed by atoms with Crippen LogP contribution >= 0.6 is 11.6 Å². The van der Waals surface area contributed by atoms with Crippen LogP contribution in [-0.4, -0.2) is 13.1 Å². The summed E-state index contributed by atoms with van der Waals surface area (Å²) in [5, 5.41) is 1.98. The molecule has 0 saturated heterocycles. The van der Waals surface area contributed by atoms with Gasteiger partial charge in [-0.1, -0.05) is 35.9 Å². The lowest BCUT2D eigenvalue weighted by Crippen LogP contribution is -2.07. The summed E-state index contributed by atoms with van der Waals surface area (Å²) in [6.07, 6.45) is 0. The summed E-state index contributed by atoms with van der Waals surface area (Å²) >= 11 is 5.92. The number of carbonyl (C=O) groups excluding carboxylic acids is 1. The van der Waals surface area contributed by atoms with Gasteiger partial charge in [-0.25, -0.2) is 9.59 Å². The molecule has 2 heterocycles. The molecular weight excluding hydrogens is 432 g/mol. The third-order valence-corrected chi connectivity index (χ3v) is 5.25. The van der Waals surface area contributed by atoms with Gasteiger partial charge in [0.25, 0.3) is 0 Å². The van der Waals surface area contributed by atoms with E-state index in [1.54, 1.807) is 66.7 Å². The van der Waals surface area contributed by atoms with Crippen molar-refractivity contribution in [3.05, 3.63) is 94.0 Å². The Labute approximate surface area is 186 Å². The second kappa shape index (κ2) is 7.90. The number of rotatable bonds is 4. The largest absolute Gasteiger partial charge is 0.493 e. The standard InChI is InChI=1S/C25H15ClO6/c1-29-20-4-2-3-16-12-22(31-23(16)20)25(28)30-18-10-7-15-11-19(24(27)32-21(15)13-18)14-5-8-17(26)9-6-14/h2-13H,1H3. The second-order valence-electron chi connectivity index (χ2n) is 7.03. The van der Waals surface area contributed by atoms with E-state index < -0.39 is 11.6 Å². The minimum atomic E-state index is -0.678. The third-order valence-electron chi connectivity index (χ3n) is 5.00. The minimum absolute atomic E-state index is 0.0316. The summed E-state index contributed by atoms with van der Waals surface area (Å²) in [4.78, 5) is 25.1. The topological polar surface area (TPSA) is 78.9 Å². The number of carbonyl (C=O) groups is 1. The predicted molar refractivity (Wildman–Crippen MR) is 121 cm³/mol. The molecule has 0 unspecified atom stereocenters. The van der Waals surface area contributed by atoms with Crippen LogP contribution in [-0.2, 0) is 0 Å². The number of hydrogen-bond donors (Lipinski definition) is 0.